The van der Waals surface area contributed by atoms with Gasteiger partial charge in [0.1, 0.15) is 6.04 Å². The van der Waals surface area contributed by atoms with Gasteiger partial charge in [-0.1, -0.05) is 24.3 Å². The predicted molar refractivity (Wildman–Crippen MR) is 108 cm³/mol. The molecular weight excluding hydrogens is 405 g/mol. The highest BCUT2D eigenvalue weighted by atomic mass is 19.4. The third kappa shape index (κ3) is 4.21. The van der Waals surface area contributed by atoms with Crippen LogP contribution in [-0.2, 0) is 12.6 Å². The maximum absolute atomic E-state index is 13.1. The first kappa shape index (κ1) is 20.4. The molecule has 0 saturated heterocycles. The van der Waals surface area contributed by atoms with E-state index in [0.717, 1.165) is 17.7 Å². The molecule has 2 heterocycles. The summed E-state index contributed by atoms with van der Waals surface area (Å²) in [5, 5.41) is 11.8. The SMILES string of the molecule is N#Cc1cccc(NC(=O)N2CCc3cccnc3[C@H]2c2ccc(C(F)(F)F)cc2)c1. The lowest BCUT2D eigenvalue weighted by Gasteiger charge is -2.36. The van der Waals surface area contributed by atoms with Crippen LogP contribution in [0.3, 0.4) is 0 Å². The number of halogens is 3. The summed E-state index contributed by atoms with van der Waals surface area (Å²) in [5.74, 6) is 0. The molecule has 1 aromatic heterocycles. The number of anilines is 1. The van der Waals surface area contributed by atoms with Crippen LogP contribution < -0.4 is 5.32 Å². The molecule has 0 saturated carbocycles. The second-order valence-corrected chi connectivity index (χ2v) is 7.14. The van der Waals surface area contributed by atoms with Gasteiger partial charge in [-0.15, -0.1) is 0 Å². The Bertz CT molecular complexity index is 1150. The van der Waals surface area contributed by atoms with E-state index in [1.807, 2.05) is 12.1 Å². The molecule has 2 amide bonds. The van der Waals surface area contributed by atoms with Gasteiger partial charge >= 0.3 is 12.2 Å². The maximum Gasteiger partial charge on any atom is 0.416 e. The molecule has 1 N–H and O–H groups in total. The van der Waals surface area contributed by atoms with Crippen molar-refractivity contribution in [3.8, 4) is 6.07 Å². The molecular formula is C23H17F3N4O. The third-order valence-corrected chi connectivity index (χ3v) is 5.18. The van der Waals surface area contributed by atoms with E-state index < -0.39 is 23.8 Å². The molecule has 3 aromatic rings. The Morgan fingerprint density at radius 1 is 1.13 bits per heavy atom. The lowest BCUT2D eigenvalue weighted by atomic mass is 9.92. The summed E-state index contributed by atoms with van der Waals surface area (Å²) in [5.41, 5.74) is 2.23. The van der Waals surface area contributed by atoms with Crippen LogP contribution >= 0.6 is 0 Å². The number of fused-ring (bicyclic) bond motifs is 1. The number of urea groups is 1. The second kappa shape index (κ2) is 8.11. The molecule has 0 fully saturated rings. The van der Waals surface area contributed by atoms with E-state index in [4.69, 9.17) is 5.26 Å². The Kier molecular flexibility index (Phi) is 5.34. The van der Waals surface area contributed by atoms with Gasteiger partial charge in [0.05, 0.1) is 22.9 Å². The minimum absolute atomic E-state index is 0.369. The second-order valence-electron chi connectivity index (χ2n) is 7.14. The number of pyridine rings is 1. The first-order chi connectivity index (χ1) is 14.9. The molecule has 4 rings (SSSR count). The number of benzene rings is 2. The minimum atomic E-state index is -4.44. The van der Waals surface area contributed by atoms with Crippen LogP contribution in [0.2, 0.25) is 0 Å². The van der Waals surface area contributed by atoms with Crippen molar-refractivity contribution in [3.05, 3.63) is 94.8 Å². The number of rotatable bonds is 2. The van der Waals surface area contributed by atoms with Crippen LogP contribution in [0.5, 0.6) is 0 Å². The lowest BCUT2D eigenvalue weighted by molar-refractivity contribution is -0.137. The van der Waals surface area contributed by atoms with Crippen LogP contribution in [0, 0.1) is 11.3 Å². The van der Waals surface area contributed by atoms with Gasteiger partial charge in [-0.25, -0.2) is 4.79 Å². The van der Waals surface area contributed by atoms with E-state index in [-0.39, 0.29) is 0 Å². The predicted octanol–water partition coefficient (Wildman–Crippen LogP) is 5.15. The van der Waals surface area contributed by atoms with Crippen LogP contribution in [-0.4, -0.2) is 22.5 Å². The number of carbonyl (C=O) groups excluding carboxylic acids is 1. The molecule has 1 aliphatic rings. The van der Waals surface area contributed by atoms with Gasteiger partial charge in [0.15, 0.2) is 0 Å². The lowest BCUT2D eigenvalue weighted by Crippen LogP contribution is -2.43. The summed E-state index contributed by atoms with van der Waals surface area (Å²) in [6.07, 6.45) is -2.26. The molecule has 0 spiro atoms. The fourth-order valence-corrected chi connectivity index (χ4v) is 3.70. The summed E-state index contributed by atoms with van der Waals surface area (Å²) in [6.45, 7) is 0.369. The summed E-state index contributed by atoms with van der Waals surface area (Å²) >= 11 is 0. The van der Waals surface area contributed by atoms with Crippen LogP contribution in [0.25, 0.3) is 0 Å². The molecule has 0 unspecified atom stereocenters. The zero-order valence-electron chi connectivity index (χ0n) is 16.2. The first-order valence-electron chi connectivity index (χ1n) is 9.55. The van der Waals surface area contributed by atoms with E-state index in [2.05, 4.69) is 10.3 Å². The maximum atomic E-state index is 13.1. The summed E-state index contributed by atoms with van der Waals surface area (Å²) in [7, 11) is 0. The Morgan fingerprint density at radius 2 is 1.90 bits per heavy atom. The van der Waals surface area contributed by atoms with E-state index in [0.29, 0.717) is 35.5 Å². The van der Waals surface area contributed by atoms with E-state index >= 15 is 0 Å². The van der Waals surface area contributed by atoms with Crippen molar-refractivity contribution in [3.63, 3.8) is 0 Å². The van der Waals surface area contributed by atoms with Gasteiger partial charge in [0.2, 0.25) is 0 Å². The molecule has 1 atom stereocenters. The average molecular weight is 422 g/mol. The Hall–Kier alpha value is -3.86. The molecule has 0 radical (unpaired) electrons. The van der Waals surface area contributed by atoms with Gasteiger partial charge in [0.25, 0.3) is 0 Å². The van der Waals surface area contributed by atoms with Crippen molar-refractivity contribution in [2.45, 2.75) is 18.6 Å². The van der Waals surface area contributed by atoms with E-state index in [9.17, 15) is 18.0 Å². The number of hydrogen-bond acceptors (Lipinski definition) is 3. The van der Waals surface area contributed by atoms with E-state index in [1.54, 1.807) is 41.4 Å². The fraction of sp³-hybridized carbons (Fsp3) is 0.174. The Morgan fingerprint density at radius 3 is 2.61 bits per heavy atom. The highest BCUT2D eigenvalue weighted by Gasteiger charge is 2.35. The molecule has 1 aliphatic heterocycles. The molecule has 8 heteroatoms. The topological polar surface area (TPSA) is 69.0 Å². The molecule has 5 nitrogen and oxygen atoms in total. The van der Waals surface area contributed by atoms with Crippen molar-refractivity contribution in [2.24, 2.45) is 0 Å². The standard InChI is InChI=1S/C23H17F3N4O/c24-23(25,26)18-8-6-17(7-9-18)21-20-16(4-2-11-28-20)10-12-30(21)22(31)29-19-5-1-3-15(13-19)14-27/h1-9,11,13,21H,10,12H2,(H,29,31)/t21-/m1/s1. The summed E-state index contributed by atoms with van der Waals surface area (Å²) in [4.78, 5) is 19.1. The minimum Gasteiger partial charge on any atom is -0.311 e. The number of nitrogens with one attached hydrogen (secondary N) is 1. The third-order valence-electron chi connectivity index (χ3n) is 5.18. The van der Waals surface area contributed by atoms with Crippen LogP contribution in [0.15, 0.2) is 66.9 Å². The number of nitriles is 1. The van der Waals surface area contributed by atoms with Crippen molar-refractivity contribution in [2.75, 3.05) is 11.9 Å². The number of alkyl halides is 3. The van der Waals surface area contributed by atoms with Gasteiger partial charge in [0, 0.05) is 18.4 Å². The number of nitrogens with zero attached hydrogens (tertiary/aromatic N) is 3. The van der Waals surface area contributed by atoms with Crippen molar-refractivity contribution >= 4 is 11.7 Å². The largest absolute Gasteiger partial charge is 0.416 e. The van der Waals surface area contributed by atoms with Crippen molar-refractivity contribution < 1.29 is 18.0 Å². The van der Waals surface area contributed by atoms with Crippen LogP contribution in [0.4, 0.5) is 23.7 Å². The zero-order chi connectivity index (χ0) is 22.0. The monoisotopic (exact) mass is 422 g/mol. The van der Waals surface area contributed by atoms with Crippen molar-refractivity contribution in [1.82, 2.24) is 9.88 Å². The highest BCUT2D eigenvalue weighted by Crippen LogP contribution is 2.36. The summed E-state index contributed by atoms with van der Waals surface area (Å²) < 4.78 is 39.0. The van der Waals surface area contributed by atoms with Gasteiger partial charge < -0.3 is 10.2 Å². The molecule has 0 bridgehead atoms. The molecule has 2 aromatic carbocycles. The average Bonchev–Trinajstić information content (AvgIpc) is 2.78. The first-order valence-corrected chi connectivity index (χ1v) is 9.55. The Labute approximate surface area is 176 Å². The Balaban J connectivity index is 1.69. The smallest absolute Gasteiger partial charge is 0.311 e. The fourth-order valence-electron chi connectivity index (χ4n) is 3.70. The zero-order valence-corrected chi connectivity index (χ0v) is 16.2. The molecule has 31 heavy (non-hydrogen) atoms. The van der Waals surface area contributed by atoms with Gasteiger partial charge in [-0.05, 0) is 53.9 Å². The van der Waals surface area contributed by atoms with Gasteiger partial charge in [-0.2, -0.15) is 18.4 Å². The number of amides is 2. The van der Waals surface area contributed by atoms with Crippen molar-refractivity contribution in [1.29, 1.82) is 5.26 Å². The number of carbonyl (C=O) groups is 1. The molecule has 0 aliphatic carbocycles. The highest BCUT2D eigenvalue weighted by molar-refractivity contribution is 5.90. The van der Waals surface area contributed by atoms with Gasteiger partial charge in [-0.3, -0.25) is 4.98 Å². The van der Waals surface area contributed by atoms with Crippen LogP contribution in [0.1, 0.15) is 34.0 Å². The number of aromatic nitrogens is 1. The quantitative estimate of drug-likeness (QED) is 0.621. The number of hydrogen-bond donors (Lipinski definition) is 1. The normalized spacial score (nSPS) is 15.7. The summed E-state index contributed by atoms with van der Waals surface area (Å²) in [6, 6.07) is 16.0. The van der Waals surface area contributed by atoms with E-state index in [1.165, 1.54) is 12.1 Å². The molecule has 156 valence electrons.